The molecule has 4 N–H and O–H groups in total. The monoisotopic (exact) mass is 618 g/mol. The summed E-state index contributed by atoms with van der Waals surface area (Å²) in [4.78, 5) is 23.7. The predicted molar refractivity (Wildman–Crippen MR) is 148 cm³/mol. The van der Waals surface area contributed by atoms with Crippen LogP contribution in [0.3, 0.4) is 0 Å². The number of carbonyl (C=O) groups excluding carboxylic acids is 2. The van der Waals surface area contributed by atoms with E-state index in [9.17, 15) is 20.0 Å². The van der Waals surface area contributed by atoms with E-state index in [4.69, 9.17) is 29.4 Å². The number of hydrogen-bond donors (Lipinski definition) is 4. The number of oxime groups is 2. The van der Waals surface area contributed by atoms with E-state index >= 15 is 0 Å². The minimum atomic E-state index is -0.847. The number of hydrogen-bond acceptors (Lipinski definition) is 14. The quantitative estimate of drug-likeness (QED) is 0.131. The number of nitrogens with zero attached hydrogens (tertiary/aromatic N) is 4. The first kappa shape index (κ1) is 36.0. The molecule has 2 aromatic carbocycles. The summed E-state index contributed by atoms with van der Waals surface area (Å²) in [7, 11) is 5.84. The molecule has 41 heavy (non-hydrogen) atoms. The Kier molecular flexibility index (Phi) is 16.0. The zero-order chi connectivity index (χ0) is 30.2. The molecule has 2 aromatic rings. The standard InChI is InChI=1S/2C12H15N3O5.Ni/c2*1-7(14-17)11(15-18)12(16)13-9-5-4-8(19-2)6-10(9)20-3;/h2*4-6,17-18H,1-3H3,(H,13,16);/p-2/b2*14-7-,15-11+;. The Bertz CT molecular complexity index is 1210. The number of methoxy groups -OCH3 is 4. The first-order chi connectivity index (χ1) is 19.1. The van der Waals surface area contributed by atoms with E-state index in [1.54, 1.807) is 30.3 Å². The van der Waals surface area contributed by atoms with E-state index in [2.05, 4.69) is 31.3 Å². The number of anilines is 2. The van der Waals surface area contributed by atoms with Gasteiger partial charge in [0, 0.05) is 28.6 Å². The van der Waals surface area contributed by atoms with Crippen LogP contribution in [0, 0.1) is 10.4 Å². The van der Waals surface area contributed by atoms with Crippen LogP contribution >= 0.6 is 0 Å². The van der Waals surface area contributed by atoms with Crippen molar-refractivity contribution in [3.8, 4) is 23.0 Å². The van der Waals surface area contributed by atoms with Crippen molar-refractivity contribution in [2.24, 2.45) is 20.6 Å². The van der Waals surface area contributed by atoms with Gasteiger partial charge in [-0.15, -0.1) is 0 Å². The Morgan fingerprint density at radius 2 is 1.12 bits per heavy atom. The number of carbonyl (C=O) groups is 2. The summed E-state index contributed by atoms with van der Waals surface area (Å²) < 4.78 is 20.2. The average Bonchev–Trinajstić information content (AvgIpc) is 2.98. The van der Waals surface area contributed by atoms with Crippen molar-refractivity contribution in [2.45, 2.75) is 13.8 Å². The molecule has 0 aromatic heterocycles. The molecule has 0 spiro atoms. The van der Waals surface area contributed by atoms with Crippen LogP contribution in [0.25, 0.3) is 0 Å². The molecule has 0 unspecified atom stereocenters. The van der Waals surface area contributed by atoms with Gasteiger partial charge in [0.15, 0.2) is 5.71 Å². The molecule has 0 atom stereocenters. The molecule has 0 radical (unpaired) electrons. The summed E-state index contributed by atoms with van der Waals surface area (Å²) in [6, 6.07) is 9.45. The molecule has 0 aliphatic heterocycles. The maximum Gasteiger partial charge on any atom is 0.279 e. The second-order valence-corrected chi connectivity index (χ2v) is 7.29. The Morgan fingerprint density at radius 3 is 1.44 bits per heavy atom. The minimum absolute atomic E-state index is 0. The molecular formula is C24H28N6NiO10-2. The van der Waals surface area contributed by atoms with Gasteiger partial charge in [0.05, 0.1) is 45.5 Å². The molecule has 16 nitrogen and oxygen atoms in total. The van der Waals surface area contributed by atoms with Crippen LogP contribution in [0.4, 0.5) is 11.4 Å². The van der Waals surface area contributed by atoms with E-state index < -0.39 is 23.2 Å². The average molecular weight is 619 g/mol. The fourth-order valence-corrected chi connectivity index (χ4v) is 2.81. The maximum absolute atomic E-state index is 11.9. The molecular weight excluding hydrogens is 591 g/mol. The number of nitrogens with one attached hydrogen (secondary N) is 2. The van der Waals surface area contributed by atoms with E-state index in [0.717, 1.165) is 0 Å². The van der Waals surface area contributed by atoms with Gasteiger partial charge in [-0.25, -0.2) is 0 Å². The molecule has 0 saturated carbocycles. The largest absolute Gasteiger partial charge is 0.792 e. The summed E-state index contributed by atoms with van der Waals surface area (Å²) in [5.41, 5.74) is -0.769. The maximum atomic E-state index is 11.9. The van der Waals surface area contributed by atoms with Crippen LogP contribution in [0.1, 0.15) is 13.8 Å². The van der Waals surface area contributed by atoms with Gasteiger partial charge in [0.25, 0.3) is 11.8 Å². The summed E-state index contributed by atoms with van der Waals surface area (Å²) in [5, 5.41) is 53.8. The van der Waals surface area contributed by atoms with Gasteiger partial charge in [0.1, 0.15) is 34.4 Å². The van der Waals surface area contributed by atoms with Crippen molar-refractivity contribution in [3.05, 3.63) is 46.8 Å². The summed E-state index contributed by atoms with van der Waals surface area (Å²) in [5.74, 6) is 0.207. The third-order valence-electron chi connectivity index (χ3n) is 4.91. The van der Waals surface area contributed by atoms with Crippen molar-refractivity contribution in [3.63, 3.8) is 0 Å². The van der Waals surface area contributed by atoms with Gasteiger partial charge < -0.3 is 60.7 Å². The van der Waals surface area contributed by atoms with E-state index in [1.165, 1.54) is 48.4 Å². The molecule has 0 heterocycles. The topological polar surface area (TPSA) is 231 Å². The summed E-state index contributed by atoms with van der Waals surface area (Å²) in [6.45, 7) is 2.54. The van der Waals surface area contributed by atoms with Crippen LogP contribution in [0.5, 0.6) is 23.0 Å². The molecule has 0 bridgehead atoms. The molecule has 226 valence electrons. The summed E-state index contributed by atoms with van der Waals surface area (Å²) in [6.07, 6.45) is 0. The normalized spacial score (nSPS) is 11.7. The summed E-state index contributed by atoms with van der Waals surface area (Å²) >= 11 is 0. The van der Waals surface area contributed by atoms with Gasteiger partial charge in [0.2, 0.25) is 0 Å². The minimum Gasteiger partial charge on any atom is -0.792 e. The molecule has 0 aliphatic rings. The number of amides is 2. The second-order valence-electron chi connectivity index (χ2n) is 7.29. The molecule has 0 aliphatic carbocycles. The van der Waals surface area contributed by atoms with Crippen LogP contribution < -0.4 is 29.6 Å². The third kappa shape index (κ3) is 10.2. The van der Waals surface area contributed by atoms with E-state index in [1.807, 2.05) is 0 Å². The van der Waals surface area contributed by atoms with E-state index in [0.29, 0.717) is 34.4 Å². The zero-order valence-corrected chi connectivity index (χ0v) is 23.7. The van der Waals surface area contributed by atoms with Crippen LogP contribution in [0.15, 0.2) is 57.0 Å². The Balaban J connectivity index is 0.000000762. The van der Waals surface area contributed by atoms with Crippen LogP contribution in [-0.4, -0.2) is 73.5 Å². The van der Waals surface area contributed by atoms with Crippen molar-refractivity contribution in [1.82, 2.24) is 0 Å². The van der Waals surface area contributed by atoms with Crippen molar-refractivity contribution in [1.29, 1.82) is 0 Å². The number of ether oxygens (including phenoxy) is 4. The van der Waals surface area contributed by atoms with Crippen LogP contribution in [0.2, 0.25) is 0 Å². The molecule has 0 saturated heterocycles. The van der Waals surface area contributed by atoms with Gasteiger partial charge in [-0.1, -0.05) is 10.3 Å². The van der Waals surface area contributed by atoms with Crippen LogP contribution in [-0.2, 0) is 26.1 Å². The van der Waals surface area contributed by atoms with Gasteiger partial charge in [-0.2, -0.15) is 0 Å². The Hall–Kier alpha value is -5.05. The number of benzene rings is 2. The van der Waals surface area contributed by atoms with Gasteiger partial charge >= 0.3 is 0 Å². The second kappa shape index (κ2) is 18.3. The van der Waals surface area contributed by atoms with Crippen molar-refractivity contribution in [2.75, 3.05) is 39.1 Å². The predicted octanol–water partition coefficient (Wildman–Crippen LogP) is 2.86. The first-order valence-corrected chi connectivity index (χ1v) is 11.0. The van der Waals surface area contributed by atoms with Gasteiger partial charge in [-0.3, -0.25) is 9.59 Å². The van der Waals surface area contributed by atoms with Crippen molar-refractivity contribution < 1.29 is 55.4 Å². The number of rotatable bonds is 10. The zero-order valence-electron chi connectivity index (χ0n) is 22.7. The molecule has 17 heteroatoms. The SMILES string of the molecule is COc1ccc(NC(=O)C(=N/O)/C(C)=N\O)c(OC)c1.COc1ccc(NC(=O)C(=N/[O-])/C(C)=N\[O-])c(OC)c1.[Ni]. The van der Waals surface area contributed by atoms with Crippen molar-refractivity contribution >= 4 is 46.0 Å². The smallest absolute Gasteiger partial charge is 0.279 e. The third-order valence-corrected chi connectivity index (χ3v) is 4.91. The molecule has 2 rings (SSSR count). The fraction of sp³-hybridized carbons (Fsp3) is 0.250. The molecule has 2 amide bonds. The fourth-order valence-electron chi connectivity index (χ4n) is 2.81. The first-order valence-electron chi connectivity index (χ1n) is 11.0. The van der Waals surface area contributed by atoms with Gasteiger partial charge in [-0.05, 0) is 38.1 Å². The Labute approximate surface area is 244 Å². The molecule has 0 fully saturated rings. The Morgan fingerprint density at radius 1 is 0.683 bits per heavy atom. The van der Waals surface area contributed by atoms with E-state index in [-0.39, 0.29) is 27.9 Å².